The highest BCUT2D eigenvalue weighted by Crippen LogP contribution is 2.49. The maximum atomic E-state index is 12.4. The van der Waals surface area contributed by atoms with Crippen LogP contribution in [0.15, 0.2) is 14.8 Å². The number of rotatable bonds is 10. The van der Waals surface area contributed by atoms with Gasteiger partial charge in [0.15, 0.2) is 23.1 Å². The Morgan fingerprint density at radius 2 is 1.03 bits per heavy atom. The lowest BCUT2D eigenvalue weighted by molar-refractivity contribution is -0.170. The Bertz CT molecular complexity index is 2320. The second kappa shape index (κ2) is 24.1. The van der Waals surface area contributed by atoms with Crippen molar-refractivity contribution in [2.45, 2.75) is 212 Å². The smallest absolute Gasteiger partial charge is 0.410 e. The maximum absolute atomic E-state index is 12.4. The lowest BCUT2D eigenvalue weighted by atomic mass is 10.2. The zero-order valence-electron chi connectivity index (χ0n) is 45.1. The summed E-state index contributed by atoms with van der Waals surface area (Å²) in [6.45, 7) is 21.7. The van der Waals surface area contributed by atoms with Crippen molar-refractivity contribution in [2.75, 3.05) is 19.6 Å². The fourth-order valence-electron chi connectivity index (χ4n) is 7.89. The van der Waals surface area contributed by atoms with Crippen LogP contribution >= 0.6 is 0 Å². The van der Waals surface area contributed by atoms with Crippen LogP contribution in [0.3, 0.4) is 0 Å². The molecule has 3 aliphatic carbocycles. The van der Waals surface area contributed by atoms with E-state index >= 15 is 0 Å². The number of likely N-dealkylation sites (tertiary alicyclic amines) is 3. The summed E-state index contributed by atoms with van der Waals surface area (Å²) < 4.78 is 36.2. The summed E-state index contributed by atoms with van der Waals surface area (Å²) in [5.74, 6) is -2.44. The van der Waals surface area contributed by atoms with Gasteiger partial charge in [-0.25, -0.2) is 24.0 Å². The molecule has 0 unspecified atom stereocenters. The zero-order valence-corrected chi connectivity index (χ0v) is 45.1. The van der Waals surface area contributed by atoms with Crippen LogP contribution in [0.1, 0.15) is 178 Å². The van der Waals surface area contributed by atoms with Gasteiger partial charge in [0.1, 0.15) is 16.8 Å². The molecular formula is C48H75N9O18. The Kier molecular flexibility index (Phi) is 19.5. The molecule has 3 saturated heterocycles. The monoisotopic (exact) mass is 1070 g/mol. The lowest BCUT2D eigenvalue weighted by Gasteiger charge is -2.28. The van der Waals surface area contributed by atoms with Crippen LogP contribution in [-0.2, 0) is 62.8 Å². The minimum Gasteiger partial charge on any atom is -0.478 e. The van der Waals surface area contributed by atoms with Gasteiger partial charge in [-0.2, -0.15) is 4.98 Å². The second-order valence-corrected chi connectivity index (χ2v) is 21.9. The molecule has 0 spiro atoms. The van der Waals surface area contributed by atoms with Gasteiger partial charge < -0.3 is 59.6 Å². The summed E-state index contributed by atoms with van der Waals surface area (Å²) in [5, 5.41) is 27.7. The molecule has 6 fully saturated rings. The normalized spacial score (nSPS) is 22.0. The fraction of sp³-hybridized carbons (Fsp3) is 0.750. The third-order valence-corrected chi connectivity index (χ3v) is 11.7. The molecule has 1 aromatic rings. The van der Waals surface area contributed by atoms with Crippen LogP contribution < -0.4 is 11.5 Å². The summed E-state index contributed by atoms with van der Waals surface area (Å²) in [6.07, 6.45) is 6.23. The van der Waals surface area contributed by atoms with Crippen molar-refractivity contribution in [1.82, 2.24) is 24.8 Å². The van der Waals surface area contributed by atoms with E-state index in [-0.39, 0.29) is 35.8 Å². The Balaban J connectivity index is 0.000000227. The van der Waals surface area contributed by atoms with Crippen molar-refractivity contribution < 1.29 is 86.5 Å². The topological polar surface area (TPSA) is 367 Å². The van der Waals surface area contributed by atoms with Crippen LogP contribution in [0.4, 0.5) is 14.4 Å². The number of aliphatic carboxylic acids is 1. The minimum absolute atomic E-state index is 0.00957. The van der Waals surface area contributed by atoms with Gasteiger partial charge in [-0.1, -0.05) is 15.5 Å². The van der Waals surface area contributed by atoms with Crippen LogP contribution in [-0.4, -0.2) is 155 Å². The van der Waals surface area contributed by atoms with E-state index in [1.54, 1.807) is 46.4 Å². The van der Waals surface area contributed by atoms with Crippen molar-refractivity contribution in [2.24, 2.45) is 21.8 Å². The number of nitrogens with two attached hydrogens (primary N) is 2. The second-order valence-electron chi connectivity index (χ2n) is 21.9. The van der Waals surface area contributed by atoms with Crippen LogP contribution in [0, 0.1) is 0 Å². The number of esters is 3. The minimum atomic E-state index is -1.24. The molecule has 0 bridgehead atoms. The SMILES string of the molecule is CC(=O)OC1(C(=O)O)CC1.CC(=O)OC1(C(=O)ON=C(N)[C@@H]2CCCN2C(=O)OC(C)(C)C)CC1.CC(=O)OC1(c2nc([C@@H]3CCCN3C(=O)OC(C)(C)C)no2)CC1.CC(C)(C)OC(=O)N1CCC[C@H]1C(N)=NO. The summed E-state index contributed by atoms with van der Waals surface area (Å²) in [5.41, 5.74) is 6.54. The maximum Gasteiger partial charge on any atom is 0.410 e. The van der Waals surface area contributed by atoms with E-state index in [0.29, 0.717) is 82.7 Å². The third-order valence-electron chi connectivity index (χ3n) is 11.7. The van der Waals surface area contributed by atoms with E-state index in [4.69, 9.17) is 54.8 Å². The summed E-state index contributed by atoms with van der Waals surface area (Å²) in [6, 6.07) is -1.11. The Labute approximate surface area is 435 Å². The number of carbonyl (C=O) groups excluding carboxylic acids is 7. The number of carbonyl (C=O) groups is 8. The van der Waals surface area contributed by atoms with Crippen molar-refractivity contribution >= 4 is 59.8 Å². The van der Waals surface area contributed by atoms with Crippen molar-refractivity contribution in [1.29, 1.82) is 0 Å². The zero-order chi connectivity index (χ0) is 56.5. The third kappa shape index (κ3) is 17.9. The number of ether oxygens (including phenoxy) is 6. The number of nitrogens with zero attached hydrogens (tertiary/aromatic N) is 7. The quantitative estimate of drug-likeness (QED) is 0.0440. The van der Waals surface area contributed by atoms with Gasteiger partial charge >= 0.3 is 48.1 Å². The van der Waals surface area contributed by atoms with Gasteiger partial charge in [0.25, 0.3) is 5.89 Å². The van der Waals surface area contributed by atoms with E-state index in [0.717, 1.165) is 25.7 Å². The number of aromatic nitrogens is 2. The molecular weight excluding hydrogens is 991 g/mol. The molecule has 3 saturated carbocycles. The van der Waals surface area contributed by atoms with Crippen molar-refractivity contribution in [3.8, 4) is 0 Å². The van der Waals surface area contributed by atoms with Gasteiger partial charge in [0.2, 0.25) is 11.2 Å². The predicted octanol–water partition coefficient (Wildman–Crippen LogP) is 5.29. The molecule has 6 N–H and O–H groups in total. The van der Waals surface area contributed by atoms with E-state index < -0.39 is 75.7 Å². The molecule has 0 radical (unpaired) electrons. The molecule has 6 aliphatic rings. The molecule has 0 aromatic carbocycles. The number of carboxylic acids is 1. The van der Waals surface area contributed by atoms with Gasteiger partial charge in [-0.3, -0.25) is 29.1 Å². The molecule has 420 valence electrons. The Morgan fingerprint density at radius 1 is 0.613 bits per heavy atom. The van der Waals surface area contributed by atoms with E-state index in [2.05, 4.69) is 25.2 Å². The average Bonchev–Trinajstić information content (AvgIpc) is 4.13. The van der Waals surface area contributed by atoms with Crippen LogP contribution in [0.5, 0.6) is 0 Å². The predicted molar refractivity (Wildman–Crippen MR) is 260 cm³/mol. The van der Waals surface area contributed by atoms with Crippen LogP contribution in [0.2, 0.25) is 0 Å². The van der Waals surface area contributed by atoms with Gasteiger partial charge in [-0.05, 0) is 101 Å². The van der Waals surface area contributed by atoms with E-state index in [9.17, 15) is 38.4 Å². The first-order chi connectivity index (χ1) is 34.7. The Morgan fingerprint density at radius 3 is 1.41 bits per heavy atom. The van der Waals surface area contributed by atoms with Gasteiger partial charge in [0.05, 0.1) is 18.1 Å². The average molecular weight is 1070 g/mol. The molecule has 3 atom stereocenters. The highest BCUT2D eigenvalue weighted by atomic mass is 16.7. The van der Waals surface area contributed by atoms with Crippen molar-refractivity contribution in [3.63, 3.8) is 0 Å². The first-order valence-electron chi connectivity index (χ1n) is 24.8. The molecule has 4 heterocycles. The number of hydrogen-bond donors (Lipinski definition) is 4. The highest BCUT2D eigenvalue weighted by Gasteiger charge is 2.57. The number of hydrogen-bond acceptors (Lipinski definition) is 21. The molecule has 75 heavy (non-hydrogen) atoms. The first kappa shape index (κ1) is 60.6. The molecule has 1 aromatic heterocycles. The number of carboxylic acid groups (broad SMARTS) is 1. The fourth-order valence-corrected chi connectivity index (χ4v) is 7.89. The van der Waals surface area contributed by atoms with Crippen LogP contribution in [0.25, 0.3) is 0 Å². The summed E-state index contributed by atoms with van der Waals surface area (Å²) in [4.78, 5) is 105. The molecule has 7 rings (SSSR count). The lowest BCUT2D eigenvalue weighted by Crippen LogP contribution is -2.46. The number of amides is 3. The number of amidine groups is 2. The Hall–Kier alpha value is -6.96. The first-order valence-corrected chi connectivity index (χ1v) is 24.8. The molecule has 3 aliphatic heterocycles. The van der Waals surface area contributed by atoms with E-state index in [1.807, 2.05) is 20.8 Å². The summed E-state index contributed by atoms with van der Waals surface area (Å²) in [7, 11) is 0. The molecule has 3 amide bonds. The highest BCUT2D eigenvalue weighted by molar-refractivity contribution is 5.91. The number of oxime groups is 2. The van der Waals surface area contributed by atoms with E-state index in [1.165, 1.54) is 30.6 Å². The van der Waals surface area contributed by atoms with Crippen molar-refractivity contribution in [3.05, 3.63) is 11.7 Å². The van der Waals surface area contributed by atoms with Gasteiger partial charge in [-0.15, -0.1) is 0 Å². The largest absolute Gasteiger partial charge is 0.478 e. The molecule has 27 heteroatoms. The standard InChI is InChI=1S/C16H25N3O6.C16H23N3O5.C10H19N3O3.C6H8O4/c1-10(20)23-16(7-8-16)13(21)25-18-12(17)11-6-5-9-19(11)14(22)24-15(2,3)4;1-10(20)22-16(7-8-16)13-17-12(18-24-13)11-6-5-9-19(11)14(21)23-15(2,3)4;1-10(2,3)16-9(14)13-6-4-5-7(13)8(11)12-15;1-4(7)10-6(2-3-6)5(8)9/h11H,5-9H2,1-4H3,(H2,17,18);11H,5-9H2,1-4H3;7,15H,4-6H2,1-3H3,(H2,11,12);2-3H2,1H3,(H,8,9)/t2*11-;7-;/m000./s1. The van der Waals surface area contributed by atoms with Gasteiger partial charge in [0, 0.05) is 78.9 Å². The molecule has 27 nitrogen and oxygen atoms in total. The summed E-state index contributed by atoms with van der Waals surface area (Å²) >= 11 is 0.